The van der Waals surface area contributed by atoms with Gasteiger partial charge in [-0.15, -0.1) is 11.3 Å². The second-order valence-electron chi connectivity index (χ2n) is 9.23. The lowest BCUT2D eigenvalue weighted by molar-refractivity contribution is -0.140. The first-order valence-electron chi connectivity index (χ1n) is 10.9. The molecule has 1 amide bonds. The monoisotopic (exact) mass is 479 g/mol. The standard InChI is InChI=1S/C27H26FNO4S/c1-27(2,3)17-9-12-20(33-4)19(14-17)24(30)22-23(21-6-5-13-34-21)29(26(32)25(22)31)15-16-7-10-18(28)11-8-16/h5-14,23,30H,15H2,1-4H3/b24-22+. The minimum Gasteiger partial charge on any atom is -0.507 e. The van der Waals surface area contributed by atoms with Crippen molar-refractivity contribution in [3.8, 4) is 5.75 Å². The molecule has 0 spiro atoms. The number of aliphatic hydroxyl groups excluding tert-OH is 1. The molecule has 1 aromatic heterocycles. The first-order valence-corrected chi connectivity index (χ1v) is 11.7. The number of nitrogens with zero attached hydrogens (tertiary/aromatic N) is 1. The van der Waals surface area contributed by atoms with Gasteiger partial charge in [0.15, 0.2) is 0 Å². The average Bonchev–Trinajstić information content (AvgIpc) is 3.42. The van der Waals surface area contributed by atoms with E-state index in [1.54, 1.807) is 24.3 Å². The molecule has 0 radical (unpaired) electrons. The molecular formula is C27H26FNO4S. The van der Waals surface area contributed by atoms with E-state index in [0.717, 1.165) is 10.4 Å². The molecule has 0 saturated carbocycles. The molecule has 3 aromatic rings. The maximum Gasteiger partial charge on any atom is 0.295 e. The SMILES string of the molecule is COc1ccc(C(C)(C)C)cc1/C(O)=C1\C(=O)C(=O)N(Cc2ccc(F)cc2)C1c1cccs1. The van der Waals surface area contributed by atoms with Crippen LogP contribution in [0.5, 0.6) is 5.75 Å². The lowest BCUT2D eigenvalue weighted by atomic mass is 9.85. The summed E-state index contributed by atoms with van der Waals surface area (Å²) in [5.41, 5.74) is 1.79. The van der Waals surface area contributed by atoms with Crippen LogP contribution in [0.25, 0.3) is 5.76 Å². The highest BCUT2D eigenvalue weighted by molar-refractivity contribution is 7.10. The second kappa shape index (κ2) is 9.06. The molecule has 1 N–H and O–H groups in total. The average molecular weight is 480 g/mol. The molecule has 2 heterocycles. The zero-order chi connectivity index (χ0) is 24.6. The molecule has 1 atom stereocenters. The van der Waals surface area contributed by atoms with E-state index >= 15 is 0 Å². The Morgan fingerprint density at radius 1 is 1.12 bits per heavy atom. The van der Waals surface area contributed by atoms with Gasteiger partial charge < -0.3 is 14.7 Å². The van der Waals surface area contributed by atoms with Crippen LogP contribution in [0.4, 0.5) is 4.39 Å². The van der Waals surface area contributed by atoms with Crippen LogP contribution in [0.2, 0.25) is 0 Å². The zero-order valence-corrected chi connectivity index (χ0v) is 20.3. The molecule has 1 aliphatic heterocycles. The van der Waals surface area contributed by atoms with Gasteiger partial charge >= 0.3 is 0 Å². The summed E-state index contributed by atoms with van der Waals surface area (Å²) in [6, 6.07) is 14.1. The van der Waals surface area contributed by atoms with E-state index in [1.807, 2.05) is 44.4 Å². The van der Waals surface area contributed by atoms with E-state index in [-0.39, 0.29) is 29.1 Å². The fourth-order valence-corrected chi connectivity index (χ4v) is 4.92. The van der Waals surface area contributed by atoms with Crippen LogP contribution in [0.15, 0.2) is 65.6 Å². The van der Waals surface area contributed by atoms with Crippen LogP contribution < -0.4 is 4.74 Å². The van der Waals surface area contributed by atoms with E-state index in [2.05, 4.69) is 0 Å². The molecule has 5 nitrogen and oxygen atoms in total. The van der Waals surface area contributed by atoms with E-state index < -0.39 is 17.7 Å². The number of ketones is 1. The molecule has 7 heteroatoms. The van der Waals surface area contributed by atoms with Gasteiger partial charge in [-0.2, -0.15) is 0 Å². The van der Waals surface area contributed by atoms with Crippen molar-refractivity contribution < 1.29 is 23.8 Å². The number of methoxy groups -OCH3 is 1. The summed E-state index contributed by atoms with van der Waals surface area (Å²) in [5.74, 6) is -1.73. The number of benzene rings is 2. The molecule has 2 aromatic carbocycles. The number of carbonyl (C=O) groups excluding carboxylic acids is 2. The predicted octanol–water partition coefficient (Wildman–Crippen LogP) is 5.82. The van der Waals surface area contributed by atoms with Crippen LogP contribution in [0.3, 0.4) is 0 Å². The van der Waals surface area contributed by atoms with Gasteiger partial charge in [0.1, 0.15) is 17.3 Å². The summed E-state index contributed by atoms with van der Waals surface area (Å²) in [6.45, 7) is 6.24. The van der Waals surface area contributed by atoms with Gasteiger partial charge in [-0.05, 0) is 52.3 Å². The van der Waals surface area contributed by atoms with Crippen molar-refractivity contribution >= 4 is 28.8 Å². The number of rotatable bonds is 5. The maximum atomic E-state index is 13.4. The molecule has 1 unspecified atom stereocenters. The lowest BCUT2D eigenvalue weighted by Crippen LogP contribution is -2.28. The van der Waals surface area contributed by atoms with E-state index in [4.69, 9.17) is 4.74 Å². The Balaban J connectivity index is 1.88. The van der Waals surface area contributed by atoms with Crippen molar-refractivity contribution in [2.75, 3.05) is 7.11 Å². The summed E-state index contributed by atoms with van der Waals surface area (Å²) in [6.07, 6.45) is 0. The molecule has 176 valence electrons. The summed E-state index contributed by atoms with van der Waals surface area (Å²) in [7, 11) is 1.49. The first kappa shape index (κ1) is 23.7. The van der Waals surface area contributed by atoms with Crippen LogP contribution in [0.1, 0.15) is 48.4 Å². The number of carbonyl (C=O) groups is 2. The number of hydrogen-bond donors (Lipinski definition) is 1. The number of halogens is 1. The number of hydrogen-bond acceptors (Lipinski definition) is 5. The molecular weight excluding hydrogens is 453 g/mol. The van der Waals surface area contributed by atoms with Gasteiger partial charge in [0.05, 0.1) is 24.3 Å². The van der Waals surface area contributed by atoms with Gasteiger partial charge in [-0.3, -0.25) is 9.59 Å². The van der Waals surface area contributed by atoms with Crippen molar-refractivity contribution in [2.24, 2.45) is 0 Å². The smallest absolute Gasteiger partial charge is 0.295 e. The Hall–Kier alpha value is -3.45. The summed E-state index contributed by atoms with van der Waals surface area (Å²) >= 11 is 1.39. The highest BCUT2D eigenvalue weighted by Crippen LogP contribution is 2.43. The molecule has 1 fully saturated rings. The molecule has 34 heavy (non-hydrogen) atoms. The zero-order valence-electron chi connectivity index (χ0n) is 19.5. The quantitative estimate of drug-likeness (QED) is 0.285. The number of thiophene rings is 1. The second-order valence-corrected chi connectivity index (χ2v) is 10.2. The van der Waals surface area contributed by atoms with Crippen LogP contribution in [0, 0.1) is 5.82 Å². The van der Waals surface area contributed by atoms with Crippen molar-refractivity contribution in [1.82, 2.24) is 4.90 Å². The van der Waals surface area contributed by atoms with Crippen LogP contribution in [-0.4, -0.2) is 28.8 Å². The Morgan fingerprint density at radius 3 is 2.41 bits per heavy atom. The fraction of sp³-hybridized carbons (Fsp3) is 0.259. The van der Waals surface area contributed by atoms with Crippen molar-refractivity contribution in [3.63, 3.8) is 0 Å². The topological polar surface area (TPSA) is 66.8 Å². The van der Waals surface area contributed by atoms with Gasteiger partial charge in [0, 0.05) is 11.4 Å². The number of Topliss-reactive ketones (excluding diaryl/α,β-unsaturated/α-hetero) is 1. The number of amides is 1. The summed E-state index contributed by atoms with van der Waals surface area (Å²) < 4.78 is 18.9. The number of likely N-dealkylation sites (tertiary alicyclic amines) is 1. The fourth-order valence-electron chi connectivity index (χ4n) is 4.08. The van der Waals surface area contributed by atoms with Crippen LogP contribution in [-0.2, 0) is 21.5 Å². The molecule has 1 aliphatic rings. The Labute approximate surface area is 202 Å². The number of ether oxygens (including phenoxy) is 1. The maximum absolute atomic E-state index is 13.4. The van der Waals surface area contributed by atoms with E-state index in [1.165, 1.54) is 35.5 Å². The highest BCUT2D eigenvalue weighted by atomic mass is 32.1. The van der Waals surface area contributed by atoms with Crippen molar-refractivity contribution in [2.45, 2.75) is 38.8 Å². The third kappa shape index (κ3) is 4.35. The Bertz CT molecular complexity index is 1260. The Morgan fingerprint density at radius 2 is 1.82 bits per heavy atom. The van der Waals surface area contributed by atoms with Gasteiger partial charge in [-0.25, -0.2) is 4.39 Å². The minimum absolute atomic E-state index is 0.0129. The first-order chi connectivity index (χ1) is 16.1. The Kier molecular flexibility index (Phi) is 6.32. The van der Waals surface area contributed by atoms with Crippen molar-refractivity contribution in [3.05, 3.63) is 92.9 Å². The lowest BCUT2D eigenvalue weighted by Gasteiger charge is -2.25. The molecule has 0 aliphatic carbocycles. The highest BCUT2D eigenvalue weighted by Gasteiger charge is 2.46. The minimum atomic E-state index is -0.770. The number of aliphatic hydroxyl groups is 1. The normalized spacial score (nSPS) is 17.9. The summed E-state index contributed by atoms with van der Waals surface area (Å²) in [4.78, 5) is 28.6. The predicted molar refractivity (Wildman–Crippen MR) is 130 cm³/mol. The van der Waals surface area contributed by atoms with E-state index in [9.17, 15) is 19.1 Å². The third-order valence-electron chi connectivity index (χ3n) is 5.94. The third-order valence-corrected chi connectivity index (χ3v) is 6.86. The van der Waals surface area contributed by atoms with Gasteiger partial charge in [0.2, 0.25) is 0 Å². The summed E-state index contributed by atoms with van der Waals surface area (Å²) in [5, 5.41) is 13.3. The van der Waals surface area contributed by atoms with Crippen LogP contribution >= 0.6 is 11.3 Å². The molecule has 1 saturated heterocycles. The van der Waals surface area contributed by atoms with Crippen molar-refractivity contribution in [1.29, 1.82) is 0 Å². The van der Waals surface area contributed by atoms with E-state index in [0.29, 0.717) is 16.9 Å². The van der Waals surface area contributed by atoms with Gasteiger partial charge in [-0.1, -0.05) is 45.0 Å². The molecule has 4 rings (SSSR count). The largest absolute Gasteiger partial charge is 0.507 e. The van der Waals surface area contributed by atoms with Gasteiger partial charge in [0.25, 0.3) is 11.7 Å². The molecule has 0 bridgehead atoms.